The van der Waals surface area contributed by atoms with Crippen LogP contribution in [0.5, 0.6) is 5.75 Å². The summed E-state index contributed by atoms with van der Waals surface area (Å²) >= 11 is 0. The Morgan fingerprint density at radius 2 is 1.61 bits per heavy atom. The lowest BCUT2D eigenvalue weighted by molar-refractivity contribution is -0.384. The molecule has 0 aliphatic carbocycles. The van der Waals surface area contributed by atoms with Crippen molar-refractivity contribution < 1.29 is 18.4 Å². The number of nitrogens with zero attached hydrogens (tertiary/aromatic N) is 3. The van der Waals surface area contributed by atoms with Crippen molar-refractivity contribution in [1.82, 2.24) is 9.21 Å². The molecule has 0 bridgehead atoms. The molecule has 0 atom stereocenters. The standard InChI is InChI=1S/C19H23N3O5S/c1-14-11-16(19(23)12-15(14)2)13-20-7-9-21(10-8-20)28(26,27)18-5-3-17(4-6-18)22(24)25/h3-6,11-12,23H,7-10,13H2,1-2H3. The first-order chi connectivity index (χ1) is 13.2. The van der Waals surface area contributed by atoms with Gasteiger partial charge in [-0.05, 0) is 43.2 Å². The van der Waals surface area contributed by atoms with Crippen molar-refractivity contribution in [2.75, 3.05) is 26.2 Å². The first kappa shape index (κ1) is 20.2. The Morgan fingerprint density at radius 1 is 1.04 bits per heavy atom. The lowest BCUT2D eigenvalue weighted by atomic mass is 10.0. The average Bonchev–Trinajstić information content (AvgIpc) is 2.66. The maximum atomic E-state index is 12.8. The fourth-order valence-electron chi connectivity index (χ4n) is 3.25. The van der Waals surface area contributed by atoms with Gasteiger partial charge in [0.2, 0.25) is 10.0 Å². The van der Waals surface area contributed by atoms with Crippen LogP contribution in [0.2, 0.25) is 0 Å². The lowest BCUT2D eigenvalue weighted by Crippen LogP contribution is -2.48. The maximum Gasteiger partial charge on any atom is 0.269 e. The molecule has 2 aromatic rings. The monoisotopic (exact) mass is 405 g/mol. The molecule has 0 aromatic heterocycles. The zero-order valence-electron chi connectivity index (χ0n) is 15.8. The van der Waals surface area contributed by atoms with E-state index in [1.165, 1.54) is 28.6 Å². The first-order valence-corrected chi connectivity index (χ1v) is 10.4. The van der Waals surface area contributed by atoms with Gasteiger partial charge in [0.05, 0.1) is 9.82 Å². The van der Waals surface area contributed by atoms with E-state index >= 15 is 0 Å². The van der Waals surface area contributed by atoms with Crippen molar-refractivity contribution >= 4 is 15.7 Å². The molecule has 1 saturated heterocycles. The number of hydrogen-bond donors (Lipinski definition) is 1. The normalized spacial score (nSPS) is 16.2. The number of aromatic hydroxyl groups is 1. The number of nitro groups is 1. The van der Waals surface area contributed by atoms with Gasteiger partial charge in [0.15, 0.2) is 0 Å². The molecule has 9 heteroatoms. The van der Waals surface area contributed by atoms with Crippen molar-refractivity contribution in [3.8, 4) is 5.75 Å². The van der Waals surface area contributed by atoms with E-state index in [4.69, 9.17) is 0 Å². The Labute approximate surface area is 164 Å². The Hall–Kier alpha value is -2.49. The van der Waals surface area contributed by atoms with Crippen LogP contribution in [-0.2, 0) is 16.6 Å². The van der Waals surface area contributed by atoms with Crippen LogP contribution < -0.4 is 0 Å². The lowest BCUT2D eigenvalue weighted by Gasteiger charge is -2.34. The number of benzene rings is 2. The highest BCUT2D eigenvalue weighted by atomic mass is 32.2. The predicted octanol–water partition coefficient (Wildman–Crippen LogP) is 2.42. The highest BCUT2D eigenvalue weighted by Gasteiger charge is 2.29. The maximum absolute atomic E-state index is 12.8. The number of phenols is 1. The van der Waals surface area contributed by atoms with Gasteiger partial charge in [0.25, 0.3) is 5.69 Å². The van der Waals surface area contributed by atoms with Gasteiger partial charge in [0.1, 0.15) is 5.75 Å². The number of phenolic OH excluding ortho intramolecular Hbond substituents is 1. The van der Waals surface area contributed by atoms with Gasteiger partial charge in [-0.1, -0.05) is 6.07 Å². The predicted molar refractivity (Wildman–Crippen MR) is 105 cm³/mol. The third-order valence-electron chi connectivity index (χ3n) is 5.11. The van der Waals surface area contributed by atoms with E-state index in [-0.39, 0.29) is 16.3 Å². The van der Waals surface area contributed by atoms with E-state index in [1.54, 1.807) is 6.07 Å². The quantitative estimate of drug-likeness (QED) is 0.605. The molecule has 1 aliphatic heterocycles. The van der Waals surface area contributed by atoms with Crippen LogP contribution in [0.15, 0.2) is 41.3 Å². The van der Waals surface area contributed by atoms with Crippen molar-refractivity contribution in [1.29, 1.82) is 0 Å². The Balaban J connectivity index is 1.66. The largest absolute Gasteiger partial charge is 0.508 e. The molecule has 0 amide bonds. The molecule has 150 valence electrons. The number of nitro benzene ring substituents is 1. The van der Waals surface area contributed by atoms with Crippen LogP contribution in [0.4, 0.5) is 5.69 Å². The van der Waals surface area contributed by atoms with E-state index in [2.05, 4.69) is 4.90 Å². The van der Waals surface area contributed by atoms with Gasteiger partial charge < -0.3 is 5.11 Å². The Kier molecular flexibility index (Phi) is 5.69. The number of hydrogen-bond acceptors (Lipinski definition) is 6. The van der Waals surface area contributed by atoms with Gasteiger partial charge in [-0.3, -0.25) is 15.0 Å². The summed E-state index contributed by atoms with van der Waals surface area (Å²) in [5.74, 6) is 0.254. The second kappa shape index (κ2) is 7.86. The van der Waals surface area contributed by atoms with Gasteiger partial charge >= 0.3 is 0 Å². The van der Waals surface area contributed by atoms with Crippen LogP contribution in [0.25, 0.3) is 0 Å². The average molecular weight is 405 g/mol. The summed E-state index contributed by atoms with van der Waals surface area (Å²) in [6.07, 6.45) is 0. The molecule has 1 aliphatic rings. The summed E-state index contributed by atoms with van der Waals surface area (Å²) in [4.78, 5) is 12.3. The van der Waals surface area contributed by atoms with Gasteiger partial charge in [-0.25, -0.2) is 8.42 Å². The summed E-state index contributed by atoms with van der Waals surface area (Å²) in [5.41, 5.74) is 2.82. The number of rotatable bonds is 5. The SMILES string of the molecule is Cc1cc(O)c(CN2CCN(S(=O)(=O)c3ccc([N+](=O)[O-])cc3)CC2)cc1C. The highest BCUT2D eigenvalue weighted by molar-refractivity contribution is 7.89. The van der Waals surface area contributed by atoms with E-state index in [0.717, 1.165) is 16.7 Å². The fourth-order valence-corrected chi connectivity index (χ4v) is 4.67. The van der Waals surface area contributed by atoms with Gasteiger partial charge in [0, 0.05) is 50.4 Å². The molecule has 2 aromatic carbocycles. The first-order valence-electron chi connectivity index (χ1n) is 8.94. The van der Waals surface area contributed by atoms with E-state index < -0.39 is 14.9 Å². The fraction of sp³-hybridized carbons (Fsp3) is 0.368. The minimum atomic E-state index is -3.69. The number of piperazine rings is 1. The molecule has 0 unspecified atom stereocenters. The minimum absolute atomic E-state index is 0.0540. The number of aryl methyl sites for hydroxylation is 2. The molecule has 1 heterocycles. The van der Waals surface area contributed by atoms with Crippen LogP contribution in [0.1, 0.15) is 16.7 Å². The van der Waals surface area contributed by atoms with Crippen molar-refractivity contribution in [2.45, 2.75) is 25.3 Å². The van der Waals surface area contributed by atoms with Crippen LogP contribution >= 0.6 is 0 Å². The molecule has 0 radical (unpaired) electrons. The molecular weight excluding hydrogens is 382 g/mol. The second-order valence-electron chi connectivity index (χ2n) is 7.00. The number of non-ortho nitro benzene ring substituents is 1. The second-order valence-corrected chi connectivity index (χ2v) is 8.93. The molecule has 28 heavy (non-hydrogen) atoms. The summed E-state index contributed by atoms with van der Waals surface area (Å²) in [7, 11) is -3.69. The van der Waals surface area contributed by atoms with Crippen LogP contribution in [-0.4, -0.2) is 53.8 Å². The molecular formula is C19H23N3O5S. The van der Waals surface area contributed by atoms with E-state index in [9.17, 15) is 23.6 Å². The topological polar surface area (TPSA) is 104 Å². The molecule has 3 rings (SSSR count). The van der Waals surface area contributed by atoms with Gasteiger partial charge in [-0.2, -0.15) is 4.31 Å². The van der Waals surface area contributed by atoms with Crippen LogP contribution in [0, 0.1) is 24.0 Å². The molecule has 8 nitrogen and oxygen atoms in total. The Bertz CT molecular complexity index is 981. The van der Waals surface area contributed by atoms with Crippen molar-refractivity contribution in [3.05, 3.63) is 63.2 Å². The van der Waals surface area contributed by atoms with Crippen LogP contribution in [0.3, 0.4) is 0 Å². The van der Waals surface area contributed by atoms with E-state index in [1.807, 2.05) is 19.9 Å². The molecule has 1 N–H and O–H groups in total. The zero-order chi connectivity index (χ0) is 20.5. The summed E-state index contributed by atoms with van der Waals surface area (Å²) in [6.45, 7) is 6.22. The van der Waals surface area contributed by atoms with Crippen molar-refractivity contribution in [3.63, 3.8) is 0 Å². The van der Waals surface area contributed by atoms with E-state index in [0.29, 0.717) is 32.7 Å². The third-order valence-corrected chi connectivity index (χ3v) is 7.02. The molecule has 0 spiro atoms. The Morgan fingerprint density at radius 3 is 2.18 bits per heavy atom. The highest BCUT2D eigenvalue weighted by Crippen LogP contribution is 2.25. The number of sulfonamides is 1. The third kappa shape index (κ3) is 4.16. The summed E-state index contributed by atoms with van der Waals surface area (Å²) in [5, 5.41) is 20.9. The zero-order valence-corrected chi connectivity index (χ0v) is 16.6. The molecule has 1 fully saturated rings. The smallest absolute Gasteiger partial charge is 0.269 e. The van der Waals surface area contributed by atoms with Crippen molar-refractivity contribution in [2.24, 2.45) is 0 Å². The minimum Gasteiger partial charge on any atom is -0.508 e. The van der Waals surface area contributed by atoms with Gasteiger partial charge in [-0.15, -0.1) is 0 Å². The summed E-state index contributed by atoms with van der Waals surface area (Å²) in [6, 6.07) is 8.65. The summed E-state index contributed by atoms with van der Waals surface area (Å²) < 4.78 is 26.9. The molecule has 0 saturated carbocycles.